The number of hydrogen-bond donors (Lipinski definition) is 3. The van der Waals surface area contributed by atoms with E-state index in [1.165, 1.54) is 13.3 Å². The second kappa shape index (κ2) is 10.0. The number of nitrogen functional groups attached to an aromatic ring is 1. The Hall–Kier alpha value is -3.81. The Kier molecular flexibility index (Phi) is 7.48. The van der Waals surface area contributed by atoms with E-state index >= 15 is 0 Å². The zero-order valence-electron chi connectivity index (χ0n) is 22.4. The van der Waals surface area contributed by atoms with Gasteiger partial charge in [0, 0.05) is 18.3 Å². The molecular weight excluding hydrogens is 454 g/mol. The molecule has 0 aliphatic rings. The number of hydrogen-bond acceptors (Lipinski definition) is 5. The third kappa shape index (κ3) is 6.05. The summed E-state index contributed by atoms with van der Waals surface area (Å²) in [7, 11) is 1.52. The van der Waals surface area contributed by atoms with E-state index < -0.39 is 0 Å². The quantitative estimate of drug-likeness (QED) is 0.416. The Morgan fingerprint density at radius 1 is 1.08 bits per heavy atom. The average Bonchev–Trinajstić information content (AvgIpc) is 3.26. The van der Waals surface area contributed by atoms with Crippen molar-refractivity contribution in [2.45, 2.75) is 53.9 Å². The smallest absolute Gasteiger partial charge is 0.256 e. The Labute approximate surface area is 213 Å². The molecule has 2 aromatic carbocycles. The summed E-state index contributed by atoms with van der Waals surface area (Å²) < 4.78 is 7.09. The molecular formula is C28H37N5O3. The van der Waals surface area contributed by atoms with Crippen LogP contribution in [0.5, 0.6) is 5.75 Å². The van der Waals surface area contributed by atoms with Crippen molar-refractivity contribution in [2.24, 2.45) is 5.41 Å². The van der Waals surface area contributed by atoms with Crippen molar-refractivity contribution in [2.75, 3.05) is 24.7 Å². The van der Waals surface area contributed by atoms with Gasteiger partial charge in [-0.15, -0.1) is 0 Å². The molecule has 0 saturated heterocycles. The molecule has 0 aliphatic carbocycles. The zero-order valence-corrected chi connectivity index (χ0v) is 22.4. The molecule has 0 radical (unpaired) electrons. The number of benzene rings is 2. The summed E-state index contributed by atoms with van der Waals surface area (Å²) in [5.74, 6) is -0.0670. The summed E-state index contributed by atoms with van der Waals surface area (Å²) in [4.78, 5) is 25.9. The van der Waals surface area contributed by atoms with Gasteiger partial charge in [0.2, 0.25) is 0 Å². The Morgan fingerprint density at radius 3 is 2.39 bits per heavy atom. The van der Waals surface area contributed by atoms with Crippen LogP contribution in [0, 0.1) is 12.3 Å². The lowest BCUT2D eigenvalue weighted by Crippen LogP contribution is -2.32. The summed E-state index contributed by atoms with van der Waals surface area (Å²) in [5, 5.41) is 10.3. The molecule has 3 aromatic rings. The van der Waals surface area contributed by atoms with Gasteiger partial charge in [-0.1, -0.05) is 47.6 Å². The van der Waals surface area contributed by atoms with Crippen molar-refractivity contribution in [3.63, 3.8) is 0 Å². The van der Waals surface area contributed by atoms with Crippen LogP contribution in [-0.4, -0.2) is 35.2 Å². The third-order valence-electron chi connectivity index (χ3n) is 5.86. The fourth-order valence-corrected chi connectivity index (χ4v) is 3.73. The van der Waals surface area contributed by atoms with E-state index in [1.807, 2.05) is 25.1 Å². The van der Waals surface area contributed by atoms with Gasteiger partial charge < -0.3 is 21.1 Å². The summed E-state index contributed by atoms with van der Waals surface area (Å²) in [5.41, 5.74) is 10.3. The number of nitrogens with one attached hydrogen (secondary N) is 2. The molecule has 0 atom stereocenters. The Morgan fingerprint density at radius 2 is 1.78 bits per heavy atom. The van der Waals surface area contributed by atoms with Crippen molar-refractivity contribution in [1.29, 1.82) is 0 Å². The van der Waals surface area contributed by atoms with Gasteiger partial charge in [0.25, 0.3) is 11.8 Å². The molecule has 2 amide bonds. The highest BCUT2D eigenvalue weighted by Crippen LogP contribution is 2.37. The standard InChI is InChI=1S/C28H37N5O3/c1-17-20(26(35)32-22-13-19(28(5,6)7)12-21(29)24(22)36-8)10-9-11-23(17)33-15-18(14-31-33)25(34)30-16-27(2,3)4/h9-15H,16,29H2,1-8H3,(H,30,34)(H,32,35). The number of methoxy groups -OCH3 is 1. The van der Waals surface area contributed by atoms with Crippen molar-refractivity contribution >= 4 is 23.2 Å². The first-order valence-electron chi connectivity index (χ1n) is 11.9. The molecule has 192 valence electrons. The zero-order chi connectivity index (χ0) is 26.8. The molecule has 0 saturated carbocycles. The van der Waals surface area contributed by atoms with Gasteiger partial charge in [0.15, 0.2) is 5.75 Å². The van der Waals surface area contributed by atoms with Crippen LogP contribution in [0.1, 0.15) is 73.4 Å². The molecule has 3 rings (SSSR count). The molecule has 1 aromatic heterocycles. The summed E-state index contributed by atoms with van der Waals surface area (Å²) in [6, 6.07) is 9.15. The van der Waals surface area contributed by atoms with E-state index in [2.05, 4.69) is 57.3 Å². The Bertz CT molecular complexity index is 1280. The largest absolute Gasteiger partial charge is 0.492 e. The lowest BCUT2D eigenvalue weighted by Gasteiger charge is -2.23. The third-order valence-corrected chi connectivity index (χ3v) is 5.86. The van der Waals surface area contributed by atoms with Gasteiger partial charge in [-0.3, -0.25) is 9.59 Å². The molecule has 0 bridgehead atoms. The van der Waals surface area contributed by atoms with Crippen molar-refractivity contribution in [1.82, 2.24) is 15.1 Å². The molecule has 1 heterocycles. The molecule has 4 N–H and O–H groups in total. The number of nitrogens with two attached hydrogens (primary N) is 1. The first-order chi connectivity index (χ1) is 16.7. The van der Waals surface area contributed by atoms with Crippen LogP contribution in [0.25, 0.3) is 5.69 Å². The van der Waals surface area contributed by atoms with Crippen LogP contribution < -0.4 is 21.1 Å². The van der Waals surface area contributed by atoms with Crippen LogP contribution in [0.4, 0.5) is 11.4 Å². The van der Waals surface area contributed by atoms with Crippen LogP contribution >= 0.6 is 0 Å². The van der Waals surface area contributed by atoms with E-state index in [1.54, 1.807) is 23.0 Å². The highest BCUT2D eigenvalue weighted by molar-refractivity contribution is 6.07. The number of nitrogens with zero attached hydrogens (tertiary/aromatic N) is 2. The molecule has 0 spiro atoms. The Balaban J connectivity index is 1.89. The number of anilines is 2. The highest BCUT2D eigenvalue weighted by Gasteiger charge is 2.21. The second-order valence-corrected chi connectivity index (χ2v) is 11.2. The summed E-state index contributed by atoms with van der Waals surface area (Å²) >= 11 is 0. The van der Waals surface area contributed by atoms with Gasteiger partial charge in [0.1, 0.15) is 0 Å². The number of ether oxygens (including phenoxy) is 1. The number of rotatable bonds is 6. The van der Waals surface area contributed by atoms with Crippen LogP contribution in [0.15, 0.2) is 42.7 Å². The SMILES string of the molecule is COc1c(N)cc(C(C)(C)C)cc1NC(=O)c1cccc(-n2cc(C(=O)NCC(C)(C)C)cn2)c1C. The van der Waals surface area contributed by atoms with E-state index in [0.717, 1.165) is 11.1 Å². The predicted molar refractivity (Wildman–Crippen MR) is 144 cm³/mol. The minimum atomic E-state index is -0.298. The topological polar surface area (TPSA) is 111 Å². The fraction of sp³-hybridized carbons (Fsp3) is 0.393. The molecule has 8 nitrogen and oxygen atoms in total. The molecule has 0 unspecified atom stereocenters. The highest BCUT2D eigenvalue weighted by atomic mass is 16.5. The monoisotopic (exact) mass is 491 g/mol. The molecule has 0 aliphatic heterocycles. The molecule has 0 fully saturated rings. The van der Waals surface area contributed by atoms with Gasteiger partial charge >= 0.3 is 0 Å². The predicted octanol–water partition coefficient (Wildman–Crippen LogP) is 5.10. The molecule has 36 heavy (non-hydrogen) atoms. The van der Waals surface area contributed by atoms with Gasteiger partial charge in [-0.05, 0) is 53.1 Å². The van der Waals surface area contributed by atoms with E-state index in [-0.39, 0.29) is 22.6 Å². The van der Waals surface area contributed by atoms with Crippen LogP contribution in [0.3, 0.4) is 0 Å². The van der Waals surface area contributed by atoms with Gasteiger partial charge in [-0.2, -0.15) is 5.10 Å². The van der Waals surface area contributed by atoms with E-state index in [9.17, 15) is 9.59 Å². The lowest BCUT2D eigenvalue weighted by molar-refractivity contribution is 0.0938. The first-order valence-corrected chi connectivity index (χ1v) is 11.9. The summed E-state index contributed by atoms with van der Waals surface area (Å²) in [6.07, 6.45) is 3.19. The first kappa shape index (κ1) is 26.8. The number of amides is 2. The second-order valence-electron chi connectivity index (χ2n) is 11.2. The lowest BCUT2D eigenvalue weighted by atomic mass is 9.86. The fourth-order valence-electron chi connectivity index (χ4n) is 3.73. The number of carbonyl (C=O) groups excluding carboxylic acids is 2. The minimum Gasteiger partial charge on any atom is -0.492 e. The normalized spacial score (nSPS) is 11.8. The number of carbonyl (C=O) groups is 2. The van der Waals surface area contributed by atoms with Gasteiger partial charge in [-0.25, -0.2) is 4.68 Å². The van der Waals surface area contributed by atoms with Crippen molar-refractivity contribution in [3.8, 4) is 11.4 Å². The van der Waals surface area contributed by atoms with Crippen molar-refractivity contribution < 1.29 is 14.3 Å². The number of aromatic nitrogens is 2. The maximum absolute atomic E-state index is 13.4. The van der Waals surface area contributed by atoms with Crippen molar-refractivity contribution in [3.05, 3.63) is 65.0 Å². The molecule has 8 heteroatoms. The van der Waals surface area contributed by atoms with E-state index in [4.69, 9.17) is 10.5 Å². The average molecular weight is 492 g/mol. The van der Waals surface area contributed by atoms with Gasteiger partial charge in [0.05, 0.1) is 35.9 Å². The van der Waals surface area contributed by atoms with Crippen LogP contribution in [0.2, 0.25) is 0 Å². The van der Waals surface area contributed by atoms with Crippen LogP contribution in [-0.2, 0) is 5.41 Å². The maximum atomic E-state index is 13.4. The maximum Gasteiger partial charge on any atom is 0.256 e. The minimum absolute atomic E-state index is 0.0241. The summed E-state index contributed by atoms with van der Waals surface area (Å²) in [6.45, 7) is 14.8. The van der Waals surface area contributed by atoms with E-state index in [0.29, 0.717) is 40.5 Å².